The van der Waals surface area contributed by atoms with Crippen LogP contribution in [-0.4, -0.2) is 20.0 Å². The molecule has 0 fully saturated rings. The Labute approximate surface area is 118 Å². The Hall–Kier alpha value is -0.690. The van der Waals surface area contributed by atoms with E-state index in [4.69, 9.17) is 29.6 Å². The first-order valence-electron chi connectivity index (χ1n) is 5.20. The molecule has 0 bridgehead atoms. The summed E-state index contributed by atoms with van der Waals surface area (Å²) in [6.45, 7) is 3.70. The van der Waals surface area contributed by atoms with Crippen LogP contribution in [0.1, 0.15) is 13.8 Å². The number of sulfonamides is 1. The van der Waals surface area contributed by atoms with Gasteiger partial charge in [0.05, 0.1) is 9.88 Å². The molecular formula is C11H15ClN2O2S2. The van der Waals surface area contributed by atoms with Gasteiger partial charge >= 0.3 is 0 Å². The molecule has 3 N–H and O–H groups in total. The van der Waals surface area contributed by atoms with E-state index < -0.39 is 15.4 Å². The second-order valence-corrected chi connectivity index (χ2v) is 7.17. The van der Waals surface area contributed by atoms with Gasteiger partial charge < -0.3 is 5.73 Å². The molecule has 18 heavy (non-hydrogen) atoms. The molecule has 0 radical (unpaired) electrons. The van der Waals surface area contributed by atoms with Gasteiger partial charge in [-0.2, -0.15) is 0 Å². The van der Waals surface area contributed by atoms with Crippen LogP contribution in [-0.2, 0) is 10.0 Å². The van der Waals surface area contributed by atoms with Crippen molar-refractivity contribution in [2.45, 2.75) is 18.7 Å². The van der Waals surface area contributed by atoms with Gasteiger partial charge in [-0.15, -0.1) is 0 Å². The van der Waals surface area contributed by atoms with Gasteiger partial charge in [-0.1, -0.05) is 37.7 Å². The van der Waals surface area contributed by atoms with E-state index in [1.807, 2.05) is 0 Å². The monoisotopic (exact) mass is 306 g/mol. The minimum Gasteiger partial charge on any atom is -0.393 e. The van der Waals surface area contributed by atoms with Crippen molar-refractivity contribution in [2.75, 3.05) is 6.54 Å². The largest absolute Gasteiger partial charge is 0.393 e. The number of hydrogen-bond donors (Lipinski definition) is 2. The highest BCUT2D eigenvalue weighted by atomic mass is 35.5. The number of benzene rings is 1. The van der Waals surface area contributed by atoms with E-state index in [0.717, 1.165) is 0 Å². The lowest BCUT2D eigenvalue weighted by Crippen LogP contribution is -2.41. The zero-order valence-electron chi connectivity index (χ0n) is 10.1. The van der Waals surface area contributed by atoms with Crippen LogP contribution in [0.4, 0.5) is 0 Å². The average Bonchev–Trinajstić information content (AvgIpc) is 2.27. The van der Waals surface area contributed by atoms with Crippen LogP contribution >= 0.6 is 23.8 Å². The van der Waals surface area contributed by atoms with Crippen molar-refractivity contribution in [1.29, 1.82) is 0 Å². The summed E-state index contributed by atoms with van der Waals surface area (Å²) in [5, 5.41) is 0.484. The van der Waals surface area contributed by atoms with E-state index in [1.54, 1.807) is 13.8 Å². The molecule has 7 heteroatoms. The molecule has 0 aliphatic carbocycles. The maximum absolute atomic E-state index is 12.0. The molecule has 0 aliphatic heterocycles. The SMILES string of the molecule is CC(C)(CNS(=O)(=O)c1ccc(Cl)cc1)C(N)=S. The third-order valence-corrected chi connectivity index (χ3v) is 4.72. The smallest absolute Gasteiger partial charge is 0.240 e. The second-order valence-electron chi connectivity index (χ2n) is 4.53. The van der Waals surface area contributed by atoms with Gasteiger partial charge in [0.15, 0.2) is 0 Å². The van der Waals surface area contributed by atoms with Crippen LogP contribution in [0.3, 0.4) is 0 Å². The standard InChI is InChI=1S/C11H15ClN2O2S2/c1-11(2,10(13)17)7-14-18(15,16)9-5-3-8(12)4-6-9/h3-6,14H,7H2,1-2H3,(H2,13,17). The van der Waals surface area contributed by atoms with Crippen molar-refractivity contribution in [3.63, 3.8) is 0 Å². The molecule has 0 spiro atoms. The summed E-state index contributed by atoms with van der Waals surface area (Å²) < 4.78 is 26.4. The van der Waals surface area contributed by atoms with Crippen molar-refractivity contribution < 1.29 is 8.42 Å². The van der Waals surface area contributed by atoms with E-state index in [-0.39, 0.29) is 16.4 Å². The molecular weight excluding hydrogens is 292 g/mol. The summed E-state index contributed by atoms with van der Waals surface area (Å²) >= 11 is 10.6. The molecule has 0 aromatic heterocycles. The average molecular weight is 307 g/mol. The Balaban J connectivity index is 2.84. The van der Waals surface area contributed by atoms with E-state index in [1.165, 1.54) is 24.3 Å². The molecule has 0 aliphatic rings. The molecule has 1 aromatic rings. The fourth-order valence-corrected chi connectivity index (χ4v) is 2.47. The number of rotatable bonds is 5. The molecule has 1 aromatic carbocycles. The highest BCUT2D eigenvalue weighted by Crippen LogP contribution is 2.17. The lowest BCUT2D eigenvalue weighted by Gasteiger charge is -2.23. The Morgan fingerprint density at radius 3 is 2.33 bits per heavy atom. The maximum atomic E-state index is 12.0. The van der Waals surface area contributed by atoms with Gasteiger partial charge in [0.25, 0.3) is 0 Å². The Kier molecular flexibility index (Phi) is 4.72. The van der Waals surface area contributed by atoms with Crippen LogP contribution in [0.15, 0.2) is 29.2 Å². The summed E-state index contributed by atoms with van der Waals surface area (Å²) in [5.74, 6) is 0. The van der Waals surface area contributed by atoms with Crippen molar-refractivity contribution >= 4 is 38.8 Å². The fourth-order valence-electron chi connectivity index (χ4n) is 1.06. The van der Waals surface area contributed by atoms with Gasteiger partial charge in [-0.25, -0.2) is 13.1 Å². The van der Waals surface area contributed by atoms with Gasteiger partial charge in [0.1, 0.15) is 0 Å². The van der Waals surface area contributed by atoms with Gasteiger partial charge in [0.2, 0.25) is 10.0 Å². The number of thiocarbonyl (C=S) groups is 1. The van der Waals surface area contributed by atoms with E-state index in [2.05, 4.69) is 4.72 Å². The molecule has 0 saturated carbocycles. The van der Waals surface area contributed by atoms with E-state index >= 15 is 0 Å². The maximum Gasteiger partial charge on any atom is 0.240 e. The molecule has 1 rings (SSSR count). The highest BCUT2D eigenvalue weighted by molar-refractivity contribution is 7.89. The first-order valence-corrected chi connectivity index (χ1v) is 7.47. The Morgan fingerprint density at radius 2 is 1.89 bits per heavy atom. The summed E-state index contributed by atoms with van der Waals surface area (Å²) in [4.78, 5) is 0.423. The van der Waals surface area contributed by atoms with E-state index in [9.17, 15) is 8.42 Å². The third kappa shape index (κ3) is 3.91. The fraction of sp³-hybridized carbons (Fsp3) is 0.364. The first kappa shape index (κ1) is 15.4. The lowest BCUT2D eigenvalue weighted by molar-refractivity contribution is 0.501. The summed E-state index contributed by atoms with van der Waals surface area (Å²) in [6.07, 6.45) is 0. The van der Waals surface area contributed by atoms with Crippen LogP contribution in [0.25, 0.3) is 0 Å². The van der Waals surface area contributed by atoms with E-state index in [0.29, 0.717) is 5.02 Å². The Morgan fingerprint density at radius 1 is 1.39 bits per heavy atom. The predicted octanol–water partition coefficient (Wildman–Crippen LogP) is 1.93. The van der Waals surface area contributed by atoms with Crippen molar-refractivity contribution in [1.82, 2.24) is 4.72 Å². The molecule has 4 nitrogen and oxygen atoms in total. The summed E-state index contributed by atoms with van der Waals surface area (Å²) in [5.41, 5.74) is 4.96. The van der Waals surface area contributed by atoms with Gasteiger partial charge in [-0.05, 0) is 24.3 Å². The summed E-state index contributed by atoms with van der Waals surface area (Å²) in [6, 6.07) is 5.93. The normalized spacial score (nSPS) is 12.4. The Bertz CT molecular complexity index is 539. The number of halogens is 1. The minimum absolute atomic E-state index is 0.146. The van der Waals surface area contributed by atoms with Crippen LogP contribution in [0.5, 0.6) is 0 Å². The third-order valence-electron chi connectivity index (χ3n) is 2.50. The van der Waals surface area contributed by atoms with Crippen LogP contribution < -0.4 is 10.5 Å². The van der Waals surface area contributed by atoms with Crippen LogP contribution in [0.2, 0.25) is 5.02 Å². The highest BCUT2D eigenvalue weighted by Gasteiger charge is 2.24. The zero-order chi connectivity index (χ0) is 14.0. The molecule has 0 heterocycles. The van der Waals surface area contributed by atoms with Crippen molar-refractivity contribution in [2.24, 2.45) is 11.1 Å². The molecule has 0 amide bonds. The quantitative estimate of drug-likeness (QED) is 0.815. The van der Waals surface area contributed by atoms with Gasteiger partial charge in [-0.3, -0.25) is 0 Å². The zero-order valence-corrected chi connectivity index (χ0v) is 12.5. The molecule has 100 valence electrons. The minimum atomic E-state index is -3.57. The van der Waals surface area contributed by atoms with Crippen LogP contribution in [0, 0.1) is 5.41 Å². The summed E-state index contributed by atoms with van der Waals surface area (Å²) in [7, 11) is -3.57. The molecule has 0 saturated heterocycles. The molecule has 0 unspecified atom stereocenters. The van der Waals surface area contributed by atoms with Gasteiger partial charge in [0, 0.05) is 17.0 Å². The van der Waals surface area contributed by atoms with Crippen molar-refractivity contribution in [3.05, 3.63) is 29.3 Å². The first-order chi connectivity index (χ1) is 8.15. The van der Waals surface area contributed by atoms with Crippen molar-refractivity contribution in [3.8, 4) is 0 Å². The topological polar surface area (TPSA) is 72.2 Å². The number of hydrogen-bond acceptors (Lipinski definition) is 3. The second kappa shape index (κ2) is 5.52. The predicted molar refractivity (Wildman–Crippen MR) is 77.2 cm³/mol. The number of nitrogens with two attached hydrogens (primary N) is 1. The lowest BCUT2D eigenvalue weighted by atomic mass is 9.94. The number of nitrogens with one attached hydrogen (secondary N) is 1. The molecule has 0 atom stereocenters.